The van der Waals surface area contributed by atoms with Crippen LogP contribution in [0.4, 0.5) is 5.69 Å². The molecule has 11 heteroatoms. The standard InChI is InChI=1S/C32H41N3O7S/c1-7-28(32(37)33-20-23(2)3)34(21-24-12-11-13-26(18-24)40-4)31(36)22-35(43(38,39)27-14-9-8-10-15-27)25-16-17-29(41-5)30(19-25)42-6/h8-19,23,28H,7,20-22H2,1-6H3,(H,33,37)/t28-/m1/s1. The minimum Gasteiger partial charge on any atom is -0.497 e. The smallest absolute Gasteiger partial charge is 0.264 e. The Kier molecular flexibility index (Phi) is 11.8. The second kappa shape index (κ2) is 15.3. The molecular weight excluding hydrogens is 570 g/mol. The van der Waals surface area contributed by atoms with Gasteiger partial charge >= 0.3 is 0 Å². The number of hydrogen-bond acceptors (Lipinski definition) is 7. The van der Waals surface area contributed by atoms with Crippen LogP contribution < -0.4 is 23.8 Å². The maximum atomic E-state index is 14.2. The molecule has 0 heterocycles. The summed E-state index contributed by atoms with van der Waals surface area (Å²) in [5.74, 6) is 0.650. The Labute approximate surface area is 254 Å². The Balaban J connectivity index is 2.10. The van der Waals surface area contributed by atoms with Crippen LogP contribution in [0.1, 0.15) is 32.8 Å². The normalized spacial score (nSPS) is 11.9. The van der Waals surface area contributed by atoms with Crippen molar-refractivity contribution in [2.24, 2.45) is 5.92 Å². The third kappa shape index (κ3) is 8.41. The maximum absolute atomic E-state index is 14.2. The quantitative estimate of drug-likeness (QED) is 0.269. The molecule has 0 aliphatic carbocycles. The van der Waals surface area contributed by atoms with E-state index in [0.29, 0.717) is 30.2 Å². The van der Waals surface area contributed by atoms with E-state index in [1.165, 1.54) is 37.3 Å². The fourth-order valence-electron chi connectivity index (χ4n) is 4.54. The molecule has 3 aromatic rings. The zero-order valence-corrected chi connectivity index (χ0v) is 26.4. The number of hydrogen-bond donors (Lipinski definition) is 1. The average molecular weight is 612 g/mol. The molecular formula is C32H41N3O7S. The highest BCUT2D eigenvalue weighted by Gasteiger charge is 2.34. The molecule has 0 radical (unpaired) electrons. The van der Waals surface area contributed by atoms with E-state index < -0.39 is 28.5 Å². The van der Waals surface area contributed by atoms with Crippen molar-refractivity contribution in [1.82, 2.24) is 10.2 Å². The number of anilines is 1. The lowest BCUT2D eigenvalue weighted by atomic mass is 10.1. The molecule has 0 spiro atoms. The van der Waals surface area contributed by atoms with E-state index >= 15 is 0 Å². The third-order valence-corrected chi connectivity index (χ3v) is 8.61. The Morgan fingerprint density at radius 3 is 2.16 bits per heavy atom. The Morgan fingerprint density at radius 2 is 1.56 bits per heavy atom. The zero-order valence-electron chi connectivity index (χ0n) is 25.6. The van der Waals surface area contributed by atoms with Crippen molar-refractivity contribution < 1.29 is 32.2 Å². The lowest BCUT2D eigenvalue weighted by molar-refractivity contribution is -0.140. The highest BCUT2D eigenvalue weighted by atomic mass is 32.2. The van der Waals surface area contributed by atoms with E-state index in [0.717, 1.165) is 9.87 Å². The summed E-state index contributed by atoms with van der Waals surface area (Å²) in [5, 5.41) is 2.93. The topological polar surface area (TPSA) is 114 Å². The molecule has 2 amide bonds. The van der Waals surface area contributed by atoms with Gasteiger partial charge in [-0.3, -0.25) is 13.9 Å². The SMILES string of the molecule is CC[C@H](C(=O)NCC(C)C)N(Cc1cccc(OC)c1)C(=O)CN(c1ccc(OC)c(OC)c1)S(=O)(=O)c1ccccc1. The van der Waals surface area contributed by atoms with Crippen molar-refractivity contribution in [2.45, 2.75) is 44.7 Å². The summed E-state index contributed by atoms with van der Waals surface area (Å²) in [6.45, 7) is 5.72. The van der Waals surface area contributed by atoms with Crippen LogP contribution in [0.5, 0.6) is 17.2 Å². The molecule has 232 valence electrons. The molecule has 0 saturated carbocycles. The van der Waals surface area contributed by atoms with Crippen LogP contribution >= 0.6 is 0 Å². The summed E-state index contributed by atoms with van der Waals surface area (Å²) in [4.78, 5) is 29.1. The number of benzene rings is 3. The van der Waals surface area contributed by atoms with Crippen LogP contribution in [0.15, 0.2) is 77.7 Å². The van der Waals surface area contributed by atoms with E-state index in [1.807, 2.05) is 26.8 Å². The fraction of sp³-hybridized carbons (Fsp3) is 0.375. The largest absolute Gasteiger partial charge is 0.497 e. The van der Waals surface area contributed by atoms with Crippen molar-refractivity contribution in [3.63, 3.8) is 0 Å². The van der Waals surface area contributed by atoms with Gasteiger partial charge < -0.3 is 24.4 Å². The maximum Gasteiger partial charge on any atom is 0.264 e. The van der Waals surface area contributed by atoms with Crippen LogP contribution in [-0.2, 0) is 26.2 Å². The lowest BCUT2D eigenvalue weighted by Crippen LogP contribution is -2.52. The number of rotatable bonds is 15. The van der Waals surface area contributed by atoms with Crippen molar-refractivity contribution in [3.05, 3.63) is 78.4 Å². The molecule has 0 saturated heterocycles. The summed E-state index contributed by atoms with van der Waals surface area (Å²) in [5.41, 5.74) is 0.930. The number of nitrogens with one attached hydrogen (secondary N) is 1. The third-order valence-electron chi connectivity index (χ3n) is 6.82. The molecule has 0 bridgehead atoms. The van der Waals surface area contributed by atoms with Crippen molar-refractivity contribution >= 4 is 27.5 Å². The van der Waals surface area contributed by atoms with Gasteiger partial charge in [0.2, 0.25) is 11.8 Å². The Hall–Kier alpha value is -4.25. The predicted octanol–water partition coefficient (Wildman–Crippen LogP) is 4.49. The molecule has 0 fully saturated rings. The van der Waals surface area contributed by atoms with E-state index in [9.17, 15) is 18.0 Å². The number of amides is 2. The molecule has 0 aliphatic rings. The van der Waals surface area contributed by atoms with Gasteiger partial charge in [0, 0.05) is 19.2 Å². The van der Waals surface area contributed by atoms with Crippen LogP contribution in [0, 0.1) is 5.92 Å². The second-order valence-electron chi connectivity index (χ2n) is 10.3. The first-order valence-corrected chi connectivity index (χ1v) is 15.5. The van der Waals surface area contributed by atoms with Crippen LogP contribution in [0.3, 0.4) is 0 Å². The molecule has 0 aromatic heterocycles. The molecule has 3 aromatic carbocycles. The van der Waals surface area contributed by atoms with Crippen molar-refractivity contribution in [2.75, 3.05) is 38.7 Å². The number of carbonyl (C=O) groups is 2. The second-order valence-corrected chi connectivity index (χ2v) is 12.2. The molecule has 0 unspecified atom stereocenters. The van der Waals surface area contributed by atoms with Crippen molar-refractivity contribution in [1.29, 1.82) is 0 Å². The lowest BCUT2D eigenvalue weighted by Gasteiger charge is -2.33. The molecule has 1 atom stereocenters. The first kappa shape index (κ1) is 33.3. The highest BCUT2D eigenvalue weighted by Crippen LogP contribution is 2.34. The van der Waals surface area contributed by atoms with Gasteiger partial charge in [-0.25, -0.2) is 8.42 Å². The van der Waals surface area contributed by atoms with Gasteiger partial charge in [-0.15, -0.1) is 0 Å². The Bertz CT molecular complexity index is 1480. The zero-order chi connectivity index (χ0) is 31.6. The molecule has 43 heavy (non-hydrogen) atoms. The summed E-state index contributed by atoms with van der Waals surface area (Å²) < 4.78 is 45.2. The van der Waals surface area contributed by atoms with Gasteiger partial charge in [-0.2, -0.15) is 0 Å². The predicted molar refractivity (Wildman–Crippen MR) is 166 cm³/mol. The van der Waals surface area contributed by atoms with Crippen LogP contribution in [0.25, 0.3) is 0 Å². The number of ether oxygens (including phenoxy) is 3. The summed E-state index contributed by atoms with van der Waals surface area (Å²) in [6, 6.07) is 18.9. The van der Waals surface area contributed by atoms with Gasteiger partial charge in [-0.05, 0) is 54.3 Å². The average Bonchev–Trinajstić information content (AvgIpc) is 3.02. The minimum absolute atomic E-state index is 0.0126. The molecule has 3 rings (SSSR count). The minimum atomic E-state index is -4.22. The molecule has 1 N–H and O–H groups in total. The van der Waals surface area contributed by atoms with Gasteiger partial charge in [0.15, 0.2) is 11.5 Å². The number of carbonyl (C=O) groups excluding carboxylic acids is 2. The van der Waals surface area contributed by atoms with Gasteiger partial charge in [-0.1, -0.05) is 51.1 Å². The summed E-state index contributed by atoms with van der Waals surface area (Å²) in [6.07, 6.45) is 0.321. The highest BCUT2D eigenvalue weighted by molar-refractivity contribution is 7.92. The van der Waals surface area contributed by atoms with E-state index in [4.69, 9.17) is 14.2 Å². The number of methoxy groups -OCH3 is 3. The number of sulfonamides is 1. The van der Waals surface area contributed by atoms with E-state index in [1.54, 1.807) is 55.6 Å². The first-order chi connectivity index (χ1) is 20.5. The van der Waals surface area contributed by atoms with E-state index in [2.05, 4.69) is 5.32 Å². The number of nitrogens with zero attached hydrogens (tertiary/aromatic N) is 2. The van der Waals surface area contributed by atoms with Gasteiger partial charge in [0.1, 0.15) is 18.3 Å². The van der Waals surface area contributed by atoms with Crippen molar-refractivity contribution in [3.8, 4) is 17.2 Å². The van der Waals surface area contributed by atoms with Gasteiger partial charge in [0.25, 0.3) is 10.0 Å². The fourth-order valence-corrected chi connectivity index (χ4v) is 5.97. The van der Waals surface area contributed by atoms with Gasteiger partial charge in [0.05, 0.1) is 31.9 Å². The van der Waals surface area contributed by atoms with Crippen LogP contribution in [0.2, 0.25) is 0 Å². The van der Waals surface area contributed by atoms with E-state index in [-0.39, 0.29) is 29.0 Å². The van der Waals surface area contributed by atoms with Crippen LogP contribution in [-0.4, -0.2) is 65.6 Å². The summed E-state index contributed by atoms with van der Waals surface area (Å²) in [7, 11) is 0.253. The monoisotopic (exact) mass is 611 g/mol. The first-order valence-electron chi connectivity index (χ1n) is 14.1. The summed E-state index contributed by atoms with van der Waals surface area (Å²) >= 11 is 0. The molecule has 10 nitrogen and oxygen atoms in total. The molecule has 0 aliphatic heterocycles. The Morgan fingerprint density at radius 1 is 0.860 bits per heavy atom.